The average molecular weight is 394 g/mol. The Hall–Kier alpha value is -0.640. The van der Waals surface area contributed by atoms with Crippen molar-refractivity contribution in [3.05, 3.63) is 44.8 Å². The molecule has 18 heavy (non-hydrogen) atoms. The third kappa shape index (κ3) is 3.22. The van der Waals surface area contributed by atoms with Crippen LogP contribution in [0.3, 0.4) is 0 Å². The highest BCUT2D eigenvalue weighted by atomic mass is 127. The molecule has 0 saturated heterocycles. The minimum atomic E-state index is -3.51. The molecule has 0 aliphatic heterocycles. The maximum absolute atomic E-state index is 12.1. The van der Waals surface area contributed by atoms with Crippen LogP contribution in [0.15, 0.2) is 40.6 Å². The lowest BCUT2D eigenvalue weighted by Crippen LogP contribution is -2.11. The van der Waals surface area contributed by atoms with Crippen LogP contribution in [0.4, 0.5) is 5.69 Å². The van der Waals surface area contributed by atoms with Crippen LogP contribution in [0.2, 0.25) is 0 Å². The van der Waals surface area contributed by atoms with Gasteiger partial charge in [-0.2, -0.15) is 0 Å². The van der Waals surface area contributed by atoms with Gasteiger partial charge in [0, 0.05) is 20.7 Å². The van der Waals surface area contributed by atoms with Gasteiger partial charge >= 0.3 is 0 Å². The molecule has 0 unspecified atom stereocenters. The minimum absolute atomic E-state index is 0.279. The highest BCUT2D eigenvalue weighted by molar-refractivity contribution is 14.1. The molecule has 0 spiro atoms. The first kappa shape index (κ1) is 13.8. The van der Waals surface area contributed by atoms with E-state index < -0.39 is 10.0 Å². The second kappa shape index (κ2) is 5.55. The number of hydrogen-bond acceptors (Lipinski definition) is 4. The lowest BCUT2D eigenvalue weighted by atomic mass is 10.3. The average Bonchev–Trinajstić information content (AvgIpc) is 2.77. The van der Waals surface area contributed by atoms with Crippen molar-refractivity contribution < 1.29 is 8.42 Å². The molecule has 0 saturated carbocycles. The molecule has 4 nitrogen and oxygen atoms in total. The molecule has 1 aromatic heterocycles. The van der Waals surface area contributed by atoms with E-state index in [2.05, 4.69) is 27.3 Å². The molecule has 2 aromatic rings. The van der Waals surface area contributed by atoms with Crippen molar-refractivity contribution in [2.75, 3.05) is 4.72 Å². The summed E-state index contributed by atoms with van der Waals surface area (Å²) in [6.45, 7) is 0.351. The molecule has 1 aromatic carbocycles. The molecule has 0 aliphatic rings. The van der Waals surface area contributed by atoms with Crippen molar-refractivity contribution in [3.63, 3.8) is 0 Å². The molecule has 1 heterocycles. The van der Waals surface area contributed by atoms with Crippen LogP contribution >= 0.6 is 33.9 Å². The first-order valence-corrected chi connectivity index (χ1v) is 8.46. The van der Waals surface area contributed by atoms with E-state index in [9.17, 15) is 8.42 Å². The lowest BCUT2D eigenvalue weighted by Gasteiger charge is -2.06. The van der Waals surface area contributed by atoms with E-state index in [0.717, 1.165) is 8.45 Å². The van der Waals surface area contributed by atoms with Gasteiger partial charge in [-0.3, -0.25) is 4.72 Å². The van der Waals surface area contributed by atoms with Crippen LogP contribution in [0.25, 0.3) is 0 Å². The van der Waals surface area contributed by atoms with Crippen LogP contribution in [0.5, 0.6) is 0 Å². The number of sulfonamides is 1. The summed E-state index contributed by atoms with van der Waals surface area (Å²) in [5, 5.41) is 0. The number of anilines is 1. The van der Waals surface area contributed by atoms with E-state index in [-0.39, 0.29) is 4.21 Å². The molecule has 0 aliphatic carbocycles. The lowest BCUT2D eigenvalue weighted by molar-refractivity contribution is 0.603. The van der Waals surface area contributed by atoms with E-state index in [1.54, 1.807) is 30.3 Å². The van der Waals surface area contributed by atoms with Crippen LogP contribution < -0.4 is 10.5 Å². The molecule has 0 bridgehead atoms. The van der Waals surface area contributed by atoms with Crippen molar-refractivity contribution in [1.82, 2.24) is 0 Å². The Morgan fingerprint density at radius 1 is 1.28 bits per heavy atom. The summed E-state index contributed by atoms with van der Waals surface area (Å²) in [6, 6.07) is 10.5. The third-order valence-electron chi connectivity index (χ3n) is 2.18. The molecular weight excluding hydrogens is 383 g/mol. The molecule has 96 valence electrons. The number of nitrogens with two attached hydrogens (primary N) is 1. The van der Waals surface area contributed by atoms with Gasteiger partial charge in [-0.05, 0) is 52.9 Å². The largest absolute Gasteiger partial charge is 0.326 e. The Morgan fingerprint density at radius 2 is 2.06 bits per heavy atom. The fourth-order valence-corrected chi connectivity index (χ4v) is 4.20. The first-order valence-electron chi connectivity index (χ1n) is 5.08. The van der Waals surface area contributed by atoms with Gasteiger partial charge in [0.05, 0.1) is 0 Å². The van der Waals surface area contributed by atoms with Crippen LogP contribution in [0, 0.1) is 3.57 Å². The van der Waals surface area contributed by atoms with Crippen molar-refractivity contribution in [1.29, 1.82) is 0 Å². The predicted molar refractivity (Wildman–Crippen MR) is 82.2 cm³/mol. The van der Waals surface area contributed by atoms with Crippen LogP contribution in [-0.2, 0) is 16.6 Å². The van der Waals surface area contributed by atoms with E-state index >= 15 is 0 Å². The number of thiophene rings is 1. The highest BCUT2D eigenvalue weighted by Crippen LogP contribution is 2.24. The number of nitrogens with one attached hydrogen (secondary N) is 1. The zero-order valence-electron chi connectivity index (χ0n) is 9.26. The molecule has 3 N–H and O–H groups in total. The predicted octanol–water partition coefficient (Wildman–Crippen LogP) is 2.61. The quantitative estimate of drug-likeness (QED) is 0.784. The van der Waals surface area contributed by atoms with Crippen molar-refractivity contribution in [3.8, 4) is 0 Å². The number of benzene rings is 1. The molecule has 0 atom stereocenters. The number of rotatable bonds is 4. The van der Waals surface area contributed by atoms with Crippen LogP contribution in [0.1, 0.15) is 4.88 Å². The van der Waals surface area contributed by atoms with Crippen LogP contribution in [-0.4, -0.2) is 8.42 Å². The van der Waals surface area contributed by atoms with Gasteiger partial charge in [0.25, 0.3) is 10.0 Å². The summed E-state index contributed by atoms with van der Waals surface area (Å²) in [5.41, 5.74) is 6.03. The summed E-state index contributed by atoms with van der Waals surface area (Å²) in [7, 11) is -3.51. The van der Waals surface area contributed by atoms with Gasteiger partial charge in [0.2, 0.25) is 0 Å². The highest BCUT2D eigenvalue weighted by Gasteiger charge is 2.16. The molecule has 0 fully saturated rings. The topological polar surface area (TPSA) is 72.2 Å². The maximum Gasteiger partial charge on any atom is 0.271 e. The zero-order valence-corrected chi connectivity index (χ0v) is 13.1. The van der Waals surface area contributed by atoms with Crippen molar-refractivity contribution in [2.24, 2.45) is 5.73 Å². The SMILES string of the molecule is NCc1ccc(S(=O)(=O)Nc2cccc(I)c2)s1. The summed E-state index contributed by atoms with van der Waals surface area (Å²) in [5.74, 6) is 0. The van der Waals surface area contributed by atoms with E-state index in [4.69, 9.17) is 5.73 Å². The Kier molecular flexibility index (Phi) is 4.25. The normalized spacial score (nSPS) is 11.4. The monoisotopic (exact) mass is 394 g/mol. The second-order valence-corrected chi connectivity index (χ2v) is 7.86. The van der Waals surface area contributed by atoms with Crippen molar-refractivity contribution >= 4 is 49.6 Å². The van der Waals surface area contributed by atoms with Gasteiger partial charge in [0.1, 0.15) is 4.21 Å². The second-order valence-electron chi connectivity index (χ2n) is 3.54. The van der Waals surface area contributed by atoms with E-state index in [1.165, 1.54) is 11.3 Å². The fourth-order valence-electron chi connectivity index (χ4n) is 1.37. The van der Waals surface area contributed by atoms with E-state index in [0.29, 0.717) is 12.2 Å². The van der Waals surface area contributed by atoms with Gasteiger partial charge in [0.15, 0.2) is 0 Å². The van der Waals surface area contributed by atoms with E-state index in [1.807, 2.05) is 6.07 Å². The Labute approximate surface area is 123 Å². The number of halogens is 1. The summed E-state index contributed by atoms with van der Waals surface area (Å²) in [4.78, 5) is 0.845. The maximum atomic E-state index is 12.1. The molecular formula is C11H11IN2O2S2. The summed E-state index contributed by atoms with van der Waals surface area (Å²) >= 11 is 3.32. The zero-order chi connectivity index (χ0) is 13.2. The number of hydrogen-bond donors (Lipinski definition) is 2. The summed E-state index contributed by atoms with van der Waals surface area (Å²) in [6.07, 6.45) is 0. The van der Waals surface area contributed by atoms with Gasteiger partial charge < -0.3 is 5.73 Å². The Morgan fingerprint density at radius 3 is 2.67 bits per heavy atom. The fraction of sp³-hybridized carbons (Fsp3) is 0.0909. The Balaban J connectivity index is 2.27. The molecule has 0 radical (unpaired) electrons. The standard InChI is InChI=1S/C11H11IN2O2S2/c12-8-2-1-3-9(6-8)14-18(15,16)11-5-4-10(7-13)17-11/h1-6,14H,7,13H2. The summed E-state index contributed by atoms with van der Waals surface area (Å²) < 4.78 is 28.0. The van der Waals surface area contributed by atoms with Crippen molar-refractivity contribution in [2.45, 2.75) is 10.8 Å². The first-order chi connectivity index (χ1) is 8.51. The smallest absolute Gasteiger partial charge is 0.271 e. The molecule has 7 heteroatoms. The third-order valence-corrected chi connectivity index (χ3v) is 5.83. The van der Waals surface area contributed by atoms with Gasteiger partial charge in [-0.15, -0.1) is 11.3 Å². The molecule has 0 amide bonds. The molecule has 2 rings (SSSR count). The van der Waals surface area contributed by atoms with Gasteiger partial charge in [-0.1, -0.05) is 6.07 Å². The van der Waals surface area contributed by atoms with Gasteiger partial charge in [-0.25, -0.2) is 8.42 Å². The minimum Gasteiger partial charge on any atom is -0.326 e. The Bertz CT molecular complexity index is 653.